The Bertz CT molecular complexity index is 759. The van der Waals surface area contributed by atoms with Crippen molar-refractivity contribution in [3.63, 3.8) is 0 Å². The van der Waals surface area contributed by atoms with Crippen LogP contribution in [0, 0.1) is 0 Å². The van der Waals surface area contributed by atoms with Gasteiger partial charge in [-0.05, 0) is 43.7 Å². The fraction of sp³-hybridized carbons (Fsp3) is 0.263. The van der Waals surface area contributed by atoms with Crippen molar-refractivity contribution in [3.8, 4) is 11.5 Å². The van der Waals surface area contributed by atoms with Gasteiger partial charge in [-0.3, -0.25) is 9.59 Å². The van der Waals surface area contributed by atoms with E-state index in [9.17, 15) is 14.7 Å². The van der Waals surface area contributed by atoms with Crippen LogP contribution in [0.3, 0.4) is 0 Å². The van der Waals surface area contributed by atoms with Gasteiger partial charge in [0.1, 0.15) is 11.5 Å². The molecule has 6 heteroatoms. The number of benzene rings is 2. The second kappa shape index (κ2) is 7.25. The number of carbonyl (C=O) groups excluding carboxylic acids is 1. The molecule has 0 aliphatic carbocycles. The quantitative estimate of drug-likeness (QED) is 0.840. The highest BCUT2D eigenvalue weighted by Crippen LogP contribution is 2.26. The van der Waals surface area contributed by atoms with Crippen molar-refractivity contribution in [1.82, 2.24) is 0 Å². The molecule has 2 rings (SSSR count). The number of hydrogen-bond acceptors (Lipinski definition) is 4. The molecule has 0 heterocycles. The Balaban J connectivity index is 2.20. The molecule has 2 aromatic rings. The van der Waals surface area contributed by atoms with Crippen LogP contribution in [0.1, 0.15) is 29.8 Å². The van der Waals surface area contributed by atoms with Gasteiger partial charge in [0.25, 0.3) is 5.91 Å². The molecule has 0 aromatic heterocycles. The Hall–Kier alpha value is -3.02. The standard InChI is InChI=1S/C19H21NO5/c1-19(2,18(22)23)13-5-7-14(8-6-13)20-17(21)12-9-15(24-3)11-16(10-12)25-4/h5-11H,1-4H3,(H,20,21)(H,22,23). The van der Waals surface area contributed by atoms with Crippen molar-refractivity contribution in [2.24, 2.45) is 0 Å². The van der Waals surface area contributed by atoms with E-state index in [-0.39, 0.29) is 5.91 Å². The van der Waals surface area contributed by atoms with Crippen LogP contribution in [-0.4, -0.2) is 31.2 Å². The molecule has 6 nitrogen and oxygen atoms in total. The van der Waals surface area contributed by atoms with E-state index in [4.69, 9.17) is 9.47 Å². The molecular formula is C19H21NO5. The number of carboxylic acids is 1. The predicted octanol–water partition coefficient (Wildman–Crippen LogP) is 3.32. The summed E-state index contributed by atoms with van der Waals surface area (Å²) < 4.78 is 10.3. The van der Waals surface area contributed by atoms with Gasteiger partial charge in [0.2, 0.25) is 0 Å². The van der Waals surface area contributed by atoms with Gasteiger partial charge in [0, 0.05) is 17.3 Å². The zero-order chi connectivity index (χ0) is 18.6. The van der Waals surface area contributed by atoms with Crippen molar-refractivity contribution in [2.45, 2.75) is 19.3 Å². The summed E-state index contributed by atoms with van der Waals surface area (Å²) in [6, 6.07) is 11.6. The number of amides is 1. The molecular weight excluding hydrogens is 322 g/mol. The van der Waals surface area contributed by atoms with Gasteiger partial charge in [0.15, 0.2) is 0 Å². The van der Waals surface area contributed by atoms with E-state index in [1.165, 1.54) is 14.2 Å². The van der Waals surface area contributed by atoms with Gasteiger partial charge in [0.05, 0.1) is 19.6 Å². The highest BCUT2D eigenvalue weighted by Gasteiger charge is 2.29. The van der Waals surface area contributed by atoms with Crippen LogP contribution in [0.25, 0.3) is 0 Å². The number of ether oxygens (including phenoxy) is 2. The summed E-state index contributed by atoms with van der Waals surface area (Å²) in [6.07, 6.45) is 0. The summed E-state index contributed by atoms with van der Waals surface area (Å²) in [5.41, 5.74) is 0.617. The van der Waals surface area contributed by atoms with Crippen LogP contribution in [-0.2, 0) is 10.2 Å². The normalized spacial score (nSPS) is 10.9. The summed E-state index contributed by atoms with van der Waals surface area (Å²) in [4.78, 5) is 23.7. The van der Waals surface area contributed by atoms with Gasteiger partial charge in [-0.2, -0.15) is 0 Å². The lowest BCUT2D eigenvalue weighted by molar-refractivity contribution is -0.142. The molecule has 2 N–H and O–H groups in total. The molecule has 0 aliphatic heterocycles. The Morgan fingerprint density at radius 2 is 1.48 bits per heavy atom. The first kappa shape index (κ1) is 18.3. The molecule has 132 valence electrons. The molecule has 1 amide bonds. The van der Waals surface area contributed by atoms with Gasteiger partial charge in [-0.25, -0.2) is 0 Å². The lowest BCUT2D eigenvalue weighted by Crippen LogP contribution is -2.28. The van der Waals surface area contributed by atoms with E-state index in [2.05, 4.69) is 5.32 Å². The SMILES string of the molecule is COc1cc(OC)cc(C(=O)Nc2ccc(C(C)(C)C(=O)O)cc2)c1. The molecule has 0 saturated carbocycles. The van der Waals surface area contributed by atoms with E-state index < -0.39 is 11.4 Å². The maximum Gasteiger partial charge on any atom is 0.313 e. The minimum absolute atomic E-state index is 0.317. The molecule has 0 aliphatic rings. The number of carbonyl (C=O) groups is 2. The molecule has 2 aromatic carbocycles. The highest BCUT2D eigenvalue weighted by atomic mass is 16.5. The number of aliphatic carboxylic acids is 1. The largest absolute Gasteiger partial charge is 0.497 e. The zero-order valence-electron chi connectivity index (χ0n) is 14.6. The van der Waals surface area contributed by atoms with Crippen molar-refractivity contribution < 1.29 is 24.2 Å². The van der Waals surface area contributed by atoms with Crippen LogP contribution >= 0.6 is 0 Å². The van der Waals surface area contributed by atoms with Crippen molar-refractivity contribution >= 4 is 17.6 Å². The first-order chi connectivity index (χ1) is 11.8. The van der Waals surface area contributed by atoms with Crippen molar-refractivity contribution in [1.29, 1.82) is 0 Å². The molecule has 0 unspecified atom stereocenters. The lowest BCUT2D eigenvalue weighted by Gasteiger charge is -2.20. The van der Waals surface area contributed by atoms with Crippen molar-refractivity contribution in [2.75, 3.05) is 19.5 Å². The van der Waals surface area contributed by atoms with E-state index in [1.807, 2.05) is 0 Å². The minimum Gasteiger partial charge on any atom is -0.497 e. The van der Waals surface area contributed by atoms with Gasteiger partial charge >= 0.3 is 5.97 Å². The Morgan fingerprint density at radius 3 is 1.92 bits per heavy atom. The van der Waals surface area contributed by atoms with Crippen LogP contribution in [0.4, 0.5) is 5.69 Å². The van der Waals surface area contributed by atoms with E-state index in [0.29, 0.717) is 28.3 Å². The number of hydrogen-bond donors (Lipinski definition) is 2. The summed E-state index contributed by atoms with van der Waals surface area (Å²) in [6.45, 7) is 3.26. The minimum atomic E-state index is -0.997. The van der Waals surface area contributed by atoms with Crippen molar-refractivity contribution in [3.05, 3.63) is 53.6 Å². The third kappa shape index (κ3) is 4.09. The average Bonchev–Trinajstić information content (AvgIpc) is 2.61. The fourth-order valence-corrected chi connectivity index (χ4v) is 2.24. The van der Waals surface area contributed by atoms with Crippen LogP contribution in [0.2, 0.25) is 0 Å². The number of rotatable bonds is 6. The molecule has 0 bridgehead atoms. The van der Waals surface area contributed by atoms with Gasteiger partial charge in [-0.15, -0.1) is 0 Å². The lowest BCUT2D eigenvalue weighted by atomic mass is 9.85. The topological polar surface area (TPSA) is 84.9 Å². The maximum atomic E-state index is 12.4. The maximum absolute atomic E-state index is 12.4. The molecule has 0 radical (unpaired) electrons. The Labute approximate surface area is 146 Å². The molecule has 0 spiro atoms. The predicted molar refractivity (Wildman–Crippen MR) is 94.6 cm³/mol. The third-order valence-electron chi connectivity index (χ3n) is 4.01. The molecule has 0 saturated heterocycles. The summed E-state index contributed by atoms with van der Waals surface area (Å²) in [5.74, 6) is -0.193. The van der Waals surface area contributed by atoms with Crippen LogP contribution in [0.5, 0.6) is 11.5 Å². The summed E-state index contributed by atoms with van der Waals surface area (Å²) in [5, 5.41) is 12.0. The van der Waals surface area contributed by atoms with E-state index >= 15 is 0 Å². The number of carboxylic acid groups (broad SMARTS) is 1. The summed E-state index contributed by atoms with van der Waals surface area (Å²) >= 11 is 0. The highest BCUT2D eigenvalue weighted by molar-refractivity contribution is 6.04. The fourth-order valence-electron chi connectivity index (χ4n) is 2.24. The van der Waals surface area contributed by atoms with E-state index in [0.717, 1.165) is 0 Å². The van der Waals surface area contributed by atoms with E-state index in [1.54, 1.807) is 56.3 Å². The van der Waals surface area contributed by atoms with Crippen LogP contribution < -0.4 is 14.8 Å². The summed E-state index contributed by atoms with van der Waals surface area (Å²) in [7, 11) is 3.03. The molecule has 25 heavy (non-hydrogen) atoms. The van der Waals surface area contributed by atoms with Gasteiger partial charge in [-0.1, -0.05) is 12.1 Å². The average molecular weight is 343 g/mol. The second-order valence-electron chi connectivity index (χ2n) is 6.06. The number of anilines is 1. The Morgan fingerprint density at radius 1 is 0.960 bits per heavy atom. The molecule has 0 fully saturated rings. The van der Waals surface area contributed by atoms with Crippen LogP contribution in [0.15, 0.2) is 42.5 Å². The first-order valence-electron chi connectivity index (χ1n) is 7.66. The number of nitrogens with one attached hydrogen (secondary N) is 1. The molecule has 0 atom stereocenters. The van der Waals surface area contributed by atoms with Gasteiger partial charge < -0.3 is 19.9 Å². The Kier molecular flexibility index (Phi) is 5.32. The third-order valence-corrected chi connectivity index (χ3v) is 4.01. The zero-order valence-corrected chi connectivity index (χ0v) is 14.6. The first-order valence-corrected chi connectivity index (χ1v) is 7.66. The monoisotopic (exact) mass is 343 g/mol. The number of methoxy groups -OCH3 is 2. The smallest absolute Gasteiger partial charge is 0.313 e. The second-order valence-corrected chi connectivity index (χ2v) is 6.06.